The molecule has 1 amide bonds. The summed E-state index contributed by atoms with van der Waals surface area (Å²) in [5.74, 6) is 0.482. The van der Waals surface area contributed by atoms with Gasteiger partial charge in [-0.2, -0.15) is 5.10 Å². The second-order valence-electron chi connectivity index (χ2n) is 8.00. The Bertz CT molecular complexity index is 1260. The van der Waals surface area contributed by atoms with E-state index in [2.05, 4.69) is 10.2 Å². The molecule has 4 aromatic rings. The second-order valence-corrected chi connectivity index (χ2v) is 8.00. The highest BCUT2D eigenvalue weighted by Gasteiger charge is 2.20. The first kappa shape index (κ1) is 21.7. The van der Waals surface area contributed by atoms with Crippen LogP contribution in [0.2, 0.25) is 0 Å². The Labute approximate surface area is 198 Å². The van der Waals surface area contributed by atoms with Crippen molar-refractivity contribution < 1.29 is 14.3 Å². The van der Waals surface area contributed by atoms with Gasteiger partial charge in [0.15, 0.2) is 0 Å². The zero-order valence-corrected chi connectivity index (χ0v) is 19.0. The van der Waals surface area contributed by atoms with Gasteiger partial charge in [0.1, 0.15) is 11.4 Å². The highest BCUT2D eigenvalue weighted by atomic mass is 16.5. The van der Waals surface area contributed by atoms with E-state index in [0.29, 0.717) is 17.0 Å². The SMILES string of the molecule is COc1cccc(-c2nn(-c3ccccc3)cc2C(=O)Nc2ccc(N3CCOCC3)cc2)c1. The van der Waals surface area contributed by atoms with Crippen molar-refractivity contribution in [3.8, 4) is 22.7 Å². The zero-order valence-electron chi connectivity index (χ0n) is 19.0. The maximum absolute atomic E-state index is 13.4. The van der Waals surface area contributed by atoms with Crippen molar-refractivity contribution >= 4 is 17.3 Å². The number of nitrogens with zero attached hydrogens (tertiary/aromatic N) is 3. The van der Waals surface area contributed by atoms with Crippen molar-refractivity contribution in [1.82, 2.24) is 9.78 Å². The average molecular weight is 455 g/mol. The number of aromatic nitrogens is 2. The van der Waals surface area contributed by atoms with Crippen molar-refractivity contribution in [3.63, 3.8) is 0 Å². The number of anilines is 2. The van der Waals surface area contributed by atoms with Crippen LogP contribution in [-0.4, -0.2) is 49.1 Å². The van der Waals surface area contributed by atoms with E-state index in [4.69, 9.17) is 14.6 Å². The third-order valence-corrected chi connectivity index (χ3v) is 5.82. The van der Waals surface area contributed by atoms with Crippen LogP contribution in [0.15, 0.2) is 85.1 Å². The molecule has 0 spiro atoms. The van der Waals surface area contributed by atoms with Crippen molar-refractivity contribution in [2.45, 2.75) is 0 Å². The highest BCUT2D eigenvalue weighted by molar-refractivity contribution is 6.08. The molecule has 1 saturated heterocycles. The molecule has 34 heavy (non-hydrogen) atoms. The number of nitrogens with one attached hydrogen (secondary N) is 1. The monoisotopic (exact) mass is 454 g/mol. The quantitative estimate of drug-likeness (QED) is 0.460. The standard InChI is InChI=1S/C27H26N4O3/c1-33-24-9-5-6-20(18-24)26-25(19-31(29-26)23-7-3-2-4-8-23)27(32)28-21-10-12-22(13-11-21)30-14-16-34-17-15-30/h2-13,18-19H,14-17H2,1H3,(H,28,32). The minimum absolute atomic E-state index is 0.223. The summed E-state index contributed by atoms with van der Waals surface area (Å²) in [6.07, 6.45) is 1.77. The third-order valence-electron chi connectivity index (χ3n) is 5.82. The first-order chi connectivity index (χ1) is 16.7. The number of hydrogen-bond acceptors (Lipinski definition) is 5. The fourth-order valence-electron chi connectivity index (χ4n) is 4.01. The number of rotatable bonds is 6. The van der Waals surface area contributed by atoms with Gasteiger partial charge in [0.25, 0.3) is 5.91 Å². The Balaban J connectivity index is 1.44. The molecule has 172 valence electrons. The molecule has 2 heterocycles. The van der Waals surface area contributed by atoms with E-state index in [0.717, 1.165) is 48.9 Å². The van der Waals surface area contributed by atoms with Gasteiger partial charge >= 0.3 is 0 Å². The van der Waals surface area contributed by atoms with Crippen LogP contribution in [0.5, 0.6) is 5.75 Å². The van der Waals surface area contributed by atoms with Crippen LogP contribution in [0.4, 0.5) is 11.4 Å². The van der Waals surface area contributed by atoms with Gasteiger partial charge in [-0.25, -0.2) is 4.68 Å². The molecular formula is C27H26N4O3. The van der Waals surface area contributed by atoms with Crippen molar-refractivity contribution in [3.05, 3.63) is 90.6 Å². The number of hydrogen-bond donors (Lipinski definition) is 1. The van der Waals surface area contributed by atoms with Gasteiger partial charge in [-0.15, -0.1) is 0 Å². The molecule has 0 bridgehead atoms. The molecule has 0 aliphatic carbocycles. The minimum atomic E-state index is -0.223. The van der Waals surface area contributed by atoms with Crippen molar-refractivity contribution in [1.29, 1.82) is 0 Å². The van der Waals surface area contributed by atoms with Gasteiger partial charge in [0.05, 0.1) is 31.6 Å². The number of morpholine rings is 1. The molecule has 1 fully saturated rings. The van der Waals surface area contributed by atoms with Gasteiger partial charge < -0.3 is 19.7 Å². The number of methoxy groups -OCH3 is 1. The summed E-state index contributed by atoms with van der Waals surface area (Å²) in [6.45, 7) is 3.20. The largest absolute Gasteiger partial charge is 0.497 e. The molecule has 1 aliphatic heterocycles. The Morgan fingerprint density at radius 2 is 1.71 bits per heavy atom. The number of carbonyl (C=O) groups is 1. The summed E-state index contributed by atoms with van der Waals surface area (Å²) in [4.78, 5) is 15.6. The maximum Gasteiger partial charge on any atom is 0.259 e. The summed E-state index contributed by atoms with van der Waals surface area (Å²) in [5, 5.41) is 7.77. The van der Waals surface area contributed by atoms with E-state index in [9.17, 15) is 4.79 Å². The minimum Gasteiger partial charge on any atom is -0.497 e. The van der Waals surface area contributed by atoms with Crippen molar-refractivity contribution in [2.75, 3.05) is 43.6 Å². The molecule has 3 aromatic carbocycles. The number of carbonyl (C=O) groups excluding carboxylic acids is 1. The van der Waals surface area contributed by atoms with E-state index in [1.807, 2.05) is 78.9 Å². The first-order valence-corrected chi connectivity index (χ1v) is 11.2. The van der Waals surface area contributed by atoms with Gasteiger partial charge in [0.2, 0.25) is 0 Å². The summed E-state index contributed by atoms with van der Waals surface area (Å²) < 4.78 is 12.5. The van der Waals surface area contributed by atoms with Crippen LogP contribution in [0.25, 0.3) is 16.9 Å². The Hall–Kier alpha value is -4.10. The van der Waals surface area contributed by atoms with Crippen LogP contribution >= 0.6 is 0 Å². The predicted molar refractivity (Wildman–Crippen MR) is 133 cm³/mol. The molecule has 0 saturated carbocycles. The number of ether oxygens (including phenoxy) is 2. The summed E-state index contributed by atoms with van der Waals surface area (Å²) in [7, 11) is 1.62. The average Bonchev–Trinajstić information content (AvgIpc) is 3.36. The Morgan fingerprint density at radius 1 is 0.941 bits per heavy atom. The summed E-state index contributed by atoms with van der Waals surface area (Å²) in [6, 6.07) is 25.2. The van der Waals surface area contributed by atoms with E-state index >= 15 is 0 Å². The van der Waals surface area contributed by atoms with E-state index in [1.165, 1.54) is 0 Å². The summed E-state index contributed by atoms with van der Waals surface area (Å²) in [5.41, 5.74) is 4.60. The molecule has 0 unspecified atom stereocenters. The maximum atomic E-state index is 13.4. The molecule has 1 N–H and O–H groups in total. The lowest BCUT2D eigenvalue weighted by molar-refractivity contribution is 0.102. The molecule has 7 nitrogen and oxygen atoms in total. The summed E-state index contributed by atoms with van der Waals surface area (Å²) >= 11 is 0. The Morgan fingerprint density at radius 3 is 2.44 bits per heavy atom. The van der Waals surface area contributed by atoms with Crippen LogP contribution in [-0.2, 0) is 4.74 Å². The normalized spacial score (nSPS) is 13.5. The third kappa shape index (κ3) is 4.65. The first-order valence-electron chi connectivity index (χ1n) is 11.2. The smallest absolute Gasteiger partial charge is 0.259 e. The second kappa shape index (κ2) is 9.80. The zero-order chi connectivity index (χ0) is 23.3. The fourth-order valence-corrected chi connectivity index (χ4v) is 4.01. The number of benzene rings is 3. The topological polar surface area (TPSA) is 68.6 Å². The van der Waals surface area contributed by atoms with E-state index < -0.39 is 0 Å². The fraction of sp³-hybridized carbons (Fsp3) is 0.185. The van der Waals surface area contributed by atoms with E-state index in [1.54, 1.807) is 18.0 Å². The van der Waals surface area contributed by atoms with Crippen LogP contribution in [0.1, 0.15) is 10.4 Å². The molecule has 7 heteroatoms. The molecular weight excluding hydrogens is 428 g/mol. The lowest BCUT2D eigenvalue weighted by atomic mass is 10.1. The van der Waals surface area contributed by atoms with Crippen LogP contribution < -0.4 is 15.0 Å². The molecule has 1 aromatic heterocycles. The van der Waals surface area contributed by atoms with E-state index in [-0.39, 0.29) is 5.91 Å². The lowest BCUT2D eigenvalue weighted by Gasteiger charge is -2.28. The van der Waals surface area contributed by atoms with Crippen LogP contribution in [0, 0.1) is 0 Å². The van der Waals surface area contributed by atoms with Gasteiger partial charge in [0, 0.05) is 36.2 Å². The Kier molecular flexibility index (Phi) is 6.27. The molecule has 5 rings (SSSR count). The lowest BCUT2D eigenvalue weighted by Crippen LogP contribution is -2.36. The van der Waals surface area contributed by atoms with Crippen LogP contribution in [0.3, 0.4) is 0 Å². The van der Waals surface area contributed by atoms with Gasteiger partial charge in [-0.05, 0) is 48.5 Å². The molecule has 1 aliphatic rings. The predicted octanol–water partition coefficient (Wildman–Crippen LogP) is 4.64. The molecule has 0 atom stereocenters. The number of amides is 1. The highest BCUT2D eigenvalue weighted by Crippen LogP contribution is 2.28. The van der Waals surface area contributed by atoms with Crippen molar-refractivity contribution in [2.24, 2.45) is 0 Å². The van der Waals surface area contributed by atoms with Gasteiger partial charge in [-0.3, -0.25) is 4.79 Å². The van der Waals surface area contributed by atoms with Gasteiger partial charge in [-0.1, -0.05) is 30.3 Å². The molecule has 0 radical (unpaired) electrons. The number of para-hydroxylation sites is 1.